The summed E-state index contributed by atoms with van der Waals surface area (Å²) >= 11 is 0. The van der Waals surface area contributed by atoms with E-state index >= 15 is 0 Å². The molecule has 0 saturated carbocycles. The SMILES string of the molecule is CC1(C)c2cccc(C#N)c2-c2c(-c3ccc(-c4cccc(-c5nc(-c6ccc7ccccc7c6)cc(-c6ccc7ccccc7c6)n5)c4)cc3)cccc21. The van der Waals surface area contributed by atoms with Gasteiger partial charge in [-0.15, -0.1) is 0 Å². The van der Waals surface area contributed by atoms with E-state index in [0.29, 0.717) is 5.82 Å². The van der Waals surface area contributed by atoms with Crippen LogP contribution in [0.15, 0.2) is 176 Å². The number of hydrogen-bond donors (Lipinski definition) is 0. The summed E-state index contributed by atoms with van der Waals surface area (Å²) in [6.07, 6.45) is 0. The van der Waals surface area contributed by atoms with Crippen LogP contribution in [0.4, 0.5) is 0 Å². The van der Waals surface area contributed by atoms with Crippen LogP contribution in [-0.4, -0.2) is 9.97 Å². The van der Waals surface area contributed by atoms with E-state index in [1.54, 1.807) is 0 Å². The van der Waals surface area contributed by atoms with Gasteiger partial charge < -0.3 is 0 Å². The van der Waals surface area contributed by atoms with Crippen molar-refractivity contribution in [1.29, 1.82) is 5.26 Å². The lowest BCUT2D eigenvalue weighted by Gasteiger charge is -2.21. The molecule has 0 unspecified atom stereocenters. The Morgan fingerprint density at radius 1 is 0.418 bits per heavy atom. The molecular weight excluding hydrogens is 667 g/mol. The highest BCUT2D eigenvalue weighted by Gasteiger charge is 2.38. The van der Waals surface area contributed by atoms with Crippen LogP contribution in [0.2, 0.25) is 0 Å². The molecule has 0 fully saturated rings. The number of benzene rings is 8. The average molecular weight is 702 g/mol. The Labute approximate surface area is 320 Å². The van der Waals surface area contributed by atoms with Crippen LogP contribution in [0.5, 0.6) is 0 Å². The van der Waals surface area contributed by atoms with Crippen LogP contribution in [0.3, 0.4) is 0 Å². The van der Waals surface area contributed by atoms with Gasteiger partial charge in [0.25, 0.3) is 0 Å². The zero-order valence-corrected chi connectivity index (χ0v) is 30.6. The molecule has 9 aromatic rings. The maximum absolute atomic E-state index is 10.1. The predicted molar refractivity (Wildman–Crippen MR) is 227 cm³/mol. The number of rotatable bonds is 5. The van der Waals surface area contributed by atoms with Gasteiger partial charge in [0, 0.05) is 27.7 Å². The predicted octanol–water partition coefficient (Wildman–Crippen LogP) is 13.3. The molecule has 1 aliphatic rings. The third kappa shape index (κ3) is 5.50. The first-order chi connectivity index (χ1) is 26.9. The van der Waals surface area contributed by atoms with Gasteiger partial charge in [0.05, 0.1) is 23.0 Å². The smallest absolute Gasteiger partial charge is 0.160 e. The van der Waals surface area contributed by atoms with E-state index in [0.717, 1.165) is 61.5 Å². The highest BCUT2D eigenvalue weighted by molar-refractivity contribution is 5.95. The summed E-state index contributed by atoms with van der Waals surface area (Å²) < 4.78 is 0. The summed E-state index contributed by atoms with van der Waals surface area (Å²) in [7, 11) is 0. The molecule has 0 spiro atoms. The number of nitrogens with zero attached hydrogens (tertiary/aromatic N) is 3. The molecule has 3 heteroatoms. The van der Waals surface area contributed by atoms with Gasteiger partial charge in [0.15, 0.2) is 5.82 Å². The normalized spacial score (nSPS) is 12.7. The first-order valence-corrected chi connectivity index (χ1v) is 18.7. The second kappa shape index (κ2) is 12.8. The Hall–Kier alpha value is -7.15. The molecule has 0 aliphatic heterocycles. The second-order valence-electron chi connectivity index (χ2n) is 14.9. The van der Waals surface area contributed by atoms with E-state index in [9.17, 15) is 5.26 Å². The minimum Gasteiger partial charge on any atom is -0.228 e. The van der Waals surface area contributed by atoms with Gasteiger partial charge in [-0.25, -0.2) is 9.97 Å². The van der Waals surface area contributed by atoms with Crippen molar-refractivity contribution in [3.63, 3.8) is 0 Å². The molecule has 0 radical (unpaired) electrons. The number of aromatic nitrogens is 2. The zero-order chi connectivity index (χ0) is 37.1. The molecule has 10 rings (SSSR count). The van der Waals surface area contributed by atoms with E-state index in [1.165, 1.54) is 38.2 Å². The van der Waals surface area contributed by atoms with Crippen molar-refractivity contribution in [3.8, 4) is 73.4 Å². The molecular formula is C52H35N3. The van der Waals surface area contributed by atoms with E-state index in [1.807, 2.05) is 12.1 Å². The zero-order valence-electron chi connectivity index (χ0n) is 30.6. The molecule has 0 amide bonds. The lowest BCUT2D eigenvalue weighted by atomic mass is 9.82. The van der Waals surface area contributed by atoms with Gasteiger partial charge in [-0.05, 0) is 90.8 Å². The second-order valence-corrected chi connectivity index (χ2v) is 14.9. The van der Waals surface area contributed by atoms with Crippen LogP contribution < -0.4 is 0 Å². The Morgan fingerprint density at radius 2 is 0.945 bits per heavy atom. The number of fused-ring (bicyclic) bond motifs is 5. The largest absolute Gasteiger partial charge is 0.228 e. The molecule has 258 valence electrons. The summed E-state index contributed by atoms with van der Waals surface area (Å²) in [5.41, 5.74) is 14.5. The quantitative estimate of drug-likeness (QED) is 0.179. The Balaban J connectivity index is 1.05. The number of nitriles is 1. The van der Waals surface area contributed by atoms with Crippen LogP contribution >= 0.6 is 0 Å². The van der Waals surface area contributed by atoms with Crippen molar-refractivity contribution in [2.75, 3.05) is 0 Å². The van der Waals surface area contributed by atoms with Crippen LogP contribution in [0.1, 0.15) is 30.5 Å². The standard InChI is InChI=1S/C52H35N3/c1-52(2)45-18-8-16-43(32-53)49(45)50-44(17-9-19-46(50)52)36-24-20-35(21-25-36)39-14-7-15-42(30-39)51-54-47(40-26-22-33-10-3-5-12-37(33)28-40)31-48(55-51)41-27-23-34-11-4-6-13-38(34)29-41/h3-31H,1-2H3. The molecule has 1 aliphatic carbocycles. The highest BCUT2D eigenvalue weighted by atomic mass is 14.9. The highest BCUT2D eigenvalue weighted by Crippen LogP contribution is 2.53. The molecule has 8 aromatic carbocycles. The first kappa shape index (κ1) is 32.5. The summed E-state index contributed by atoms with van der Waals surface area (Å²) in [5, 5.41) is 14.8. The third-order valence-corrected chi connectivity index (χ3v) is 11.3. The number of hydrogen-bond acceptors (Lipinski definition) is 3. The monoisotopic (exact) mass is 701 g/mol. The summed E-state index contributed by atoms with van der Waals surface area (Å²) in [6, 6.07) is 64.5. The molecule has 0 atom stereocenters. The van der Waals surface area contributed by atoms with Crippen LogP contribution in [-0.2, 0) is 5.41 Å². The maximum atomic E-state index is 10.1. The molecule has 0 bridgehead atoms. The molecule has 1 aromatic heterocycles. The van der Waals surface area contributed by atoms with Crippen molar-refractivity contribution >= 4 is 21.5 Å². The summed E-state index contributed by atoms with van der Waals surface area (Å²) in [4.78, 5) is 10.4. The van der Waals surface area contributed by atoms with E-state index in [4.69, 9.17) is 9.97 Å². The van der Waals surface area contributed by atoms with E-state index in [-0.39, 0.29) is 5.41 Å². The van der Waals surface area contributed by atoms with Gasteiger partial charge in [-0.3, -0.25) is 0 Å². The van der Waals surface area contributed by atoms with Crippen LogP contribution in [0.25, 0.3) is 88.8 Å². The Kier molecular flexibility index (Phi) is 7.54. The van der Waals surface area contributed by atoms with Crippen molar-refractivity contribution in [2.45, 2.75) is 19.3 Å². The maximum Gasteiger partial charge on any atom is 0.160 e. The lowest BCUT2D eigenvalue weighted by molar-refractivity contribution is 0.660. The summed E-state index contributed by atoms with van der Waals surface area (Å²) in [6.45, 7) is 4.51. The fourth-order valence-electron chi connectivity index (χ4n) is 8.41. The Morgan fingerprint density at radius 3 is 1.58 bits per heavy atom. The summed E-state index contributed by atoms with van der Waals surface area (Å²) in [5.74, 6) is 0.682. The van der Waals surface area contributed by atoms with Gasteiger partial charge in [-0.1, -0.05) is 159 Å². The van der Waals surface area contributed by atoms with Gasteiger partial charge in [0.2, 0.25) is 0 Å². The van der Waals surface area contributed by atoms with Crippen molar-refractivity contribution in [2.24, 2.45) is 0 Å². The molecule has 0 N–H and O–H groups in total. The minimum absolute atomic E-state index is 0.185. The van der Waals surface area contributed by atoms with E-state index in [2.05, 4.69) is 184 Å². The van der Waals surface area contributed by atoms with Crippen molar-refractivity contribution in [3.05, 3.63) is 193 Å². The van der Waals surface area contributed by atoms with Gasteiger partial charge >= 0.3 is 0 Å². The third-order valence-electron chi connectivity index (χ3n) is 11.3. The topological polar surface area (TPSA) is 49.6 Å². The minimum atomic E-state index is -0.185. The van der Waals surface area contributed by atoms with Crippen LogP contribution in [0, 0.1) is 11.3 Å². The molecule has 1 heterocycles. The van der Waals surface area contributed by atoms with Crippen molar-refractivity contribution < 1.29 is 0 Å². The van der Waals surface area contributed by atoms with Crippen molar-refractivity contribution in [1.82, 2.24) is 9.97 Å². The molecule has 55 heavy (non-hydrogen) atoms. The lowest BCUT2D eigenvalue weighted by Crippen LogP contribution is -2.14. The van der Waals surface area contributed by atoms with Gasteiger partial charge in [0.1, 0.15) is 0 Å². The average Bonchev–Trinajstić information content (AvgIpc) is 3.49. The molecule has 3 nitrogen and oxygen atoms in total. The van der Waals surface area contributed by atoms with Gasteiger partial charge in [-0.2, -0.15) is 5.26 Å². The fourth-order valence-corrected chi connectivity index (χ4v) is 8.41. The fraction of sp³-hybridized carbons (Fsp3) is 0.0577. The van der Waals surface area contributed by atoms with E-state index < -0.39 is 0 Å². The Bertz CT molecular complexity index is 2920. The molecule has 0 saturated heterocycles. The first-order valence-electron chi connectivity index (χ1n) is 18.7.